The molecule has 0 bridgehead atoms. The zero-order valence-electron chi connectivity index (χ0n) is 17.2. The Kier molecular flexibility index (Phi) is 9.86. The summed E-state index contributed by atoms with van der Waals surface area (Å²) in [7, 11) is 1.43. The maximum absolute atomic E-state index is 12.4. The van der Waals surface area contributed by atoms with Gasteiger partial charge in [0.1, 0.15) is 0 Å². The second-order valence-electron chi connectivity index (χ2n) is 7.43. The highest BCUT2D eigenvalue weighted by Gasteiger charge is 2.22. The van der Waals surface area contributed by atoms with Crippen LogP contribution < -0.4 is 10.6 Å². The van der Waals surface area contributed by atoms with Crippen LogP contribution in [0.1, 0.15) is 24.8 Å². The zero-order valence-corrected chi connectivity index (χ0v) is 18.8. The highest BCUT2D eigenvalue weighted by atomic mass is 35.5. The quantitative estimate of drug-likeness (QED) is 0.655. The molecule has 1 saturated heterocycles. The van der Waals surface area contributed by atoms with Crippen LogP contribution in [-0.2, 0) is 14.8 Å². The minimum absolute atomic E-state index is 0. The number of hydrogen-bond donors (Lipinski definition) is 2. The van der Waals surface area contributed by atoms with Gasteiger partial charge in [-0.05, 0) is 76.5 Å². The summed E-state index contributed by atoms with van der Waals surface area (Å²) in [5.74, 6) is 0.619. The third-order valence-corrected chi connectivity index (χ3v) is 7.06. The van der Waals surface area contributed by atoms with E-state index in [-0.39, 0.29) is 23.2 Å². The monoisotopic (exact) mass is 432 g/mol. The number of likely N-dealkylation sites (tertiary alicyclic amines) is 1. The van der Waals surface area contributed by atoms with Gasteiger partial charge in [0.05, 0.1) is 11.4 Å². The Morgan fingerprint density at radius 2 is 1.89 bits per heavy atom. The summed E-state index contributed by atoms with van der Waals surface area (Å²) in [6, 6.07) is 5.00. The summed E-state index contributed by atoms with van der Waals surface area (Å²) in [6.45, 7) is 4.98. The molecule has 1 fully saturated rings. The van der Waals surface area contributed by atoms with Crippen LogP contribution in [0, 0.1) is 12.8 Å². The fourth-order valence-corrected chi connectivity index (χ4v) is 4.48. The fourth-order valence-electron chi connectivity index (χ4n) is 3.34. The van der Waals surface area contributed by atoms with Crippen molar-refractivity contribution in [3.63, 3.8) is 0 Å². The second-order valence-corrected chi connectivity index (χ2v) is 9.55. The van der Waals surface area contributed by atoms with Crippen molar-refractivity contribution in [1.29, 1.82) is 0 Å². The van der Waals surface area contributed by atoms with Gasteiger partial charge in [0, 0.05) is 19.8 Å². The van der Waals surface area contributed by atoms with Crippen molar-refractivity contribution < 1.29 is 13.2 Å². The Labute approximate surface area is 175 Å². The molecule has 0 atom stereocenters. The number of carbonyl (C=O) groups is 1. The van der Waals surface area contributed by atoms with Crippen LogP contribution in [-0.4, -0.2) is 70.9 Å². The number of halogens is 1. The van der Waals surface area contributed by atoms with E-state index in [4.69, 9.17) is 0 Å². The van der Waals surface area contributed by atoms with E-state index in [0.29, 0.717) is 17.8 Å². The molecule has 7 nitrogen and oxygen atoms in total. The topological polar surface area (TPSA) is 81.8 Å². The predicted octanol–water partition coefficient (Wildman–Crippen LogP) is 1.93. The van der Waals surface area contributed by atoms with Gasteiger partial charge >= 0.3 is 0 Å². The van der Waals surface area contributed by atoms with E-state index >= 15 is 0 Å². The van der Waals surface area contributed by atoms with Crippen LogP contribution in [0.25, 0.3) is 0 Å². The van der Waals surface area contributed by atoms with Crippen LogP contribution in [0.15, 0.2) is 23.1 Å². The van der Waals surface area contributed by atoms with Gasteiger partial charge in [-0.3, -0.25) is 9.69 Å². The molecule has 1 aromatic rings. The molecule has 2 rings (SSSR count). The van der Waals surface area contributed by atoms with Gasteiger partial charge in [0.2, 0.25) is 15.9 Å². The van der Waals surface area contributed by atoms with Gasteiger partial charge in [-0.1, -0.05) is 6.07 Å². The summed E-state index contributed by atoms with van der Waals surface area (Å²) in [4.78, 5) is 14.8. The van der Waals surface area contributed by atoms with Gasteiger partial charge < -0.3 is 10.6 Å². The van der Waals surface area contributed by atoms with Crippen molar-refractivity contribution in [3.8, 4) is 0 Å². The lowest BCUT2D eigenvalue weighted by molar-refractivity contribution is -0.117. The molecule has 0 aromatic heterocycles. The molecule has 2 N–H and O–H groups in total. The smallest absolute Gasteiger partial charge is 0.242 e. The van der Waals surface area contributed by atoms with Gasteiger partial charge in [0.25, 0.3) is 0 Å². The number of piperidine rings is 1. The predicted molar refractivity (Wildman–Crippen MR) is 116 cm³/mol. The van der Waals surface area contributed by atoms with E-state index in [1.165, 1.54) is 30.9 Å². The Bertz CT molecular complexity index is 748. The van der Waals surface area contributed by atoms with Crippen LogP contribution in [0.2, 0.25) is 0 Å². The zero-order chi connectivity index (χ0) is 20.0. The third-order valence-electron chi connectivity index (χ3n) is 5.11. The number of sulfonamides is 1. The maximum atomic E-state index is 12.4. The molecule has 9 heteroatoms. The SMILES string of the molecule is CNCCC1CCN(CC(=O)Nc2ccc(C)c(S(=O)(=O)N(C)C)c2)CC1.Cl. The summed E-state index contributed by atoms with van der Waals surface area (Å²) in [6.07, 6.45) is 3.42. The lowest BCUT2D eigenvalue weighted by atomic mass is 9.93. The molecule has 1 aliphatic heterocycles. The molecule has 1 amide bonds. The molecule has 28 heavy (non-hydrogen) atoms. The average molecular weight is 433 g/mol. The van der Waals surface area contributed by atoms with Crippen molar-refractivity contribution in [2.45, 2.75) is 31.1 Å². The molecule has 0 radical (unpaired) electrons. The van der Waals surface area contributed by atoms with Gasteiger partial charge in [-0.25, -0.2) is 12.7 Å². The minimum atomic E-state index is -3.54. The molecule has 0 aliphatic carbocycles. The Hall–Kier alpha value is -1.19. The van der Waals surface area contributed by atoms with E-state index in [1.54, 1.807) is 19.1 Å². The molecule has 160 valence electrons. The van der Waals surface area contributed by atoms with E-state index in [2.05, 4.69) is 15.5 Å². The molecule has 1 aromatic carbocycles. The number of benzene rings is 1. The first-order valence-electron chi connectivity index (χ1n) is 9.44. The number of nitrogens with zero attached hydrogens (tertiary/aromatic N) is 2. The summed E-state index contributed by atoms with van der Waals surface area (Å²) in [5, 5.41) is 6.03. The lowest BCUT2D eigenvalue weighted by Gasteiger charge is -2.31. The Morgan fingerprint density at radius 1 is 1.25 bits per heavy atom. The summed E-state index contributed by atoms with van der Waals surface area (Å²) >= 11 is 0. The standard InChI is InChI=1S/C19H32N4O3S.ClH/c1-15-5-6-17(13-18(15)27(25,26)22(3)4)21-19(24)14-23-11-8-16(9-12-23)7-10-20-2;/h5-6,13,16,20H,7-12,14H2,1-4H3,(H,21,24);1H. The average Bonchev–Trinajstić information content (AvgIpc) is 2.62. The first-order valence-corrected chi connectivity index (χ1v) is 10.9. The second kappa shape index (κ2) is 11.1. The number of rotatable bonds is 8. The lowest BCUT2D eigenvalue weighted by Crippen LogP contribution is -2.39. The normalized spacial score (nSPS) is 16.0. The number of anilines is 1. The number of nitrogens with one attached hydrogen (secondary N) is 2. The highest BCUT2D eigenvalue weighted by molar-refractivity contribution is 7.89. The molecule has 1 aliphatic rings. The maximum Gasteiger partial charge on any atom is 0.242 e. The van der Waals surface area contributed by atoms with Crippen molar-refractivity contribution in [3.05, 3.63) is 23.8 Å². The largest absolute Gasteiger partial charge is 0.325 e. The number of hydrogen-bond acceptors (Lipinski definition) is 5. The van der Waals surface area contributed by atoms with Crippen molar-refractivity contribution >= 4 is 34.0 Å². The van der Waals surface area contributed by atoms with Gasteiger partial charge in [-0.15, -0.1) is 12.4 Å². The molecule has 0 saturated carbocycles. The Morgan fingerprint density at radius 3 is 2.46 bits per heavy atom. The van der Waals surface area contributed by atoms with Gasteiger partial charge in [0.15, 0.2) is 0 Å². The van der Waals surface area contributed by atoms with E-state index in [1.807, 2.05) is 7.05 Å². The molecule has 0 unspecified atom stereocenters. The molecule has 0 spiro atoms. The van der Waals surface area contributed by atoms with E-state index in [0.717, 1.165) is 38.4 Å². The van der Waals surface area contributed by atoms with Crippen molar-refractivity contribution in [2.24, 2.45) is 5.92 Å². The minimum Gasteiger partial charge on any atom is -0.325 e. The number of aryl methyl sites for hydroxylation is 1. The van der Waals surface area contributed by atoms with Crippen molar-refractivity contribution in [1.82, 2.24) is 14.5 Å². The molecular formula is C19H33ClN4O3S. The van der Waals surface area contributed by atoms with Crippen molar-refractivity contribution in [2.75, 3.05) is 52.6 Å². The van der Waals surface area contributed by atoms with Crippen LogP contribution in [0.5, 0.6) is 0 Å². The summed E-state index contributed by atoms with van der Waals surface area (Å²) in [5.41, 5.74) is 1.17. The molecular weight excluding hydrogens is 400 g/mol. The highest BCUT2D eigenvalue weighted by Crippen LogP contribution is 2.23. The van der Waals surface area contributed by atoms with Gasteiger partial charge in [-0.2, -0.15) is 0 Å². The number of amides is 1. The first kappa shape index (κ1) is 24.8. The third kappa shape index (κ3) is 6.70. The van der Waals surface area contributed by atoms with E-state index in [9.17, 15) is 13.2 Å². The fraction of sp³-hybridized carbons (Fsp3) is 0.632. The Balaban J connectivity index is 0.00000392. The van der Waals surface area contributed by atoms with Crippen LogP contribution in [0.3, 0.4) is 0 Å². The summed E-state index contributed by atoms with van der Waals surface area (Å²) < 4.78 is 26.0. The first-order chi connectivity index (χ1) is 12.7. The molecule has 1 heterocycles. The van der Waals surface area contributed by atoms with E-state index < -0.39 is 10.0 Å². The number of carbonyl (C=O) groups excluding carboxylic acids is 1. The van der Waals surface area contributed by atoms with Crippen LogP contribution >= 0.6 is 12.4 Å². The van der Waals surface area contributed by atoms with Crippen LogP contribution in [0.4, 0.5) is 5.69 Å².